The fourth-order valence-corrected chi connectivity index (χ4v) is 5.04. The largest absolute Gasteiger partial charge is 0.487 e. The van der Waals surface area contributed by atoms with Gasteiger partial charge >= 0.3 is 0 Å². The summed E-state index contributed by atoms with van der Waals surface area (Å²) in [7, 11) is 0. The summed E-state index contributed by atoms with van der Waals surface area (Å²) in [5.41, 5.74) is 2.34. The number of nitrogens with zero attached hydrogens (tertiary/aromatic N) is 2. The third kappa shape index (κ3) is 2.63. The van der Waals surface area contributed by atoms with Crippen molar-refractivity contribution in [3.63, 3.8) is 0 Å². The van der Waals surface area contributed by atoms with E-state index in [1.807, 2.05) is 18.5 Å². The van der Waals surface area contributed by atoms with E-state index in [-0.39, 0.29) is 11.7 Å². The van der Waals surface area contributed by atoms with Gasteiger partial charge in [0.2, 0.25) is 0 Å². The van der Waals surface area contributed by atoms with Crippen LogP contribution in [0.1, 0.15) is 43.9 Å². The Hall–Kier alpha value is -1.91. The van der Waals surface area contributed by atoms with Gasteiger partial charge in [-0.3, -0.25) is 9.88 Å². The van der Waals surface area contributed by atoms with Crippen molar-refractivity contribution in [1.29, 1.82) is 0 Å². The quantitative estimate of drug-likeness (QED) is 0.821. The summed E-state index contributed by atoms with van der Waals surface area (Å²) in [4.78, 5) is 6.73. The van der Waals surface area contributed by atoms with Crippen LogP contribution in [0.25, 0.3) is 0 Å². The van der Waals surface area contributed by atoms with Crippen molar-refractivity contribution >= 4 is 0 Å². The summed E-state index contributed by atoms with van der Waals surface area (Å²) in [5.74, 6) is 1.36. The fourth-order valence-electron chi connectivity index (χ4n) is 5.04. The number of benzene rings is 1. The molecule has 4 heteroatoms. The van der Waals surface area contributed by atoms with Gasteiger partial charge in [-0.2, -0.15) is 0 Å². The number of hydrogen-bond acceptors (Lipinski definition) is 4. The van der Waals surface area contributed by atoms with E-state index in [1.54, 1.807) is 0 Å². The van der Waals surface area contributed by atoms with Gasteiger partial charge in [0.1, 0.15) is 11.4 Å². The minimum atomic E-state index is -0.213. The average molecular weight is 350 g/mol. The van der Waals surface area contributed by atoms with Gasteiger partial charge in [0.05, 0.1) is 12.2 Å². The second kappa shape index (κ2) is 6.07. The molecule has 0 saturated carbocycles. The molecule has 0 spiro atoms. The Morgan fingerprint density at radius 2 is 1.96 bits per heavy atom. The van der Waals surface area contributed by atoms with Crippen LogP contribution in [0.3, 0.4) is 0 Å². The Morgan fingerprint density at radius 1 is 1.15 bits per heavy atom. The number of rotatable bonds is 2. The van der Waals surface area contributed by atoms with Crippen LogP contribution in [0.2, 0.25) is 0 Å². The number of hydrogen-bond donors (Lipinski definition) is 0. The molecule has 0 radical (unpaired) electrons. The molecule has 2 saturated heterocycles. The highest BCUT2D eigenvalue weighted by molar-refractivity contribution is 5.39. The highest BCUT2D eigenvalue weighted by Crippen LogP contribution is 2.52. The molecule has 1 aromatic heterocycles. The number of pyridine rings is 1. The summed E-state index contributed by atoms with van der Waals surface area (Å²) in [6.07, 6.45) is 6.47. The van der Waals surface area contributed by atoms with Crippen LogP contribution in [0, 0.1) is 5.92 Å². The van der Waals surface area contributed by atoms with Crippen LogP contribution < -0.4 is 4.74 Å². The molecule has 4 heterocycles. The van der Waals surface area contributed by atoms with Crippen LogP contribution >= 0.6 is 0 Å². The first-order valence-corrected chi connectivity index (χ1v) is 9.68. The molecule has 2 fully saturated rings. The number of fused-ring (bicyclic) bond motifs is 4. The Kier molecular flexibility index (Phi) is 3.80. The van der Waals surface area contributed by atoms with E-state index in [0.29, 0.717) is 18.1 Å². The number of aromatic nitrogens is 1. The molecule has 3 aliphatic heterocycles. The maximum absolute atomic E-state index is 6.71. The lowest BCUT2D eigenvalue weighted by atomic mass is 9.74. The lowest BCUT2D eigenvalue weighted by Gasteiger charge is -2.50. The van der Waals surface area contributed by atoms with E-state index < -0.39 is 0 Å². The number of likely N-dealkylation sites (tertiary alicyclic amines) is 1. The predicted octanol–water partition coefficient (Wildman–Crippen LogP) is 3.97. The molecule has 4 nitrogen and oxygen atoms in total. The molecular weight excluding hydrogens is 324 g/mol. The highest BCUT2D eigenvalue weighted by atomic mass is 16.5. The first-order chi connectivity index (χ1) is 12.6. The van der Waals surface area contributed by atoms with Gasteiger partial charge in [-0.25, -0.2) is 0 Å². The summed E-state index contributed by atoms with van der Waals surface area (Å²) in [6, 6.07) is 13.1. The third-order valence-corrected chi connectivity index (χ3v) is 6.41. The van der Waals surface area contributed by atoms with Crippen molar-refractivity contribution in [3.05, 3.63) is 59.9 Å². The standard InChI is InChI=1S/C22H26N2O2/c1-22(2)17-13-18-20(9-12-24(18)14-15-7-10-23-11-8-15)25-21(17)16-5-3-4-6-19(16)26-22/h3-8,10-11,17-18,20-21H,9,12-14H2,1-2H3/t17-,18-,20-,21+/m1/s1. The number of para-hydroxylation sites is 1. The minimum Gasteiger partial charge on any atom is -0.487 e. The maximum atomic E-state index is 6.71. The molecule has 0 aliphatic carbocycles. The summed E-state index contributed by atoms with van der Waals surface area (Å²) in [5, 5.41) is 0. The van der Waals surface area contributed by atoms with Gasteiger partial charge in [-0.1, -0.05) is 18.2 Å². The molecular formula is C22H26N2O2. The normalized spacial score (nSPS) is 32.2. The van der Waals surface area contributed by atoms with Gasteiger partial charge in [0.15, 0.2) is 0 Å². The van der Waals surface area contributed by atoms with Gasteiger partial charge in [0, 0.05) is 43.0 Å². The highest BCUT2D eigenvalue weighted by Gasteiger charge is 2.52. The van der Waals surface area contributed by atoms with Gasteiger partial charge in [-0.05, 0) is 50.5 Å². The molecule has 1 aromatic carbocycles. The van der Waals surface area contributed by atoms with Crippen LogP contribution in [0.4, 0.5) is 0 Å². The zero-order chi connectivity index (χ0) is 17.7. The second-order valence-corrected chi connectivity index (χ2v) is 8.36. The van der Waals surface area contributed by atoms with E-state index in [2.05, 4.69) is 54.1 Å². The topological polar surface area (TPSA) is 34.6 Å². The van der Waals surface area contributed by atoms with E-state index in [4.69, 9.17) is 9.47 Å². The van der Waals surface area contributed by atoms with Crippen LogP contribution in [-0.4, -0.2) is 34.2 Å². The van der Waals surface area contributed by atoms with Crippen LogP contribution in [0.5, 0.6) is 5.75 Å². The molecule has 2 aromatic rings. The first kappa shape index (κ1) is 16.3. The van der Waals surface area contributed by atoms with Gasteiger partial charge in [0.25, 0.3) is 0 Å². The molecule has 26 heavy (non-hydrogen) atoms. The Morgan fingerprint density at radius 3 is 2.81 bits per heavy atom. The SMILES string of the molecule is CC1(C)Oc2ccccc2[C@@H]2O[C@@H]3CCN(Cc4ccncc4)[C@@H]3C[C@H]21. The van der Waals surface area contributed by atoms with Gasteiger partial charge < -0.3 is 9.47 Å². The average Bonchev–Trinajstić information content (AvgIpc) is 3.03. The Balaban J connectivity index is 1.42. The third-order valence-electron chi connectivity index (χ3n) is 6.41. The number of ether oxygens (including phenoxy) is 2. The van der Waals surface area contributed by atoms with Crippen molar-refractivity contribution in [2.45, 2.75) is 57.1 Å². The van der Waals surface area contributed by atoms with Crippen molar-refractivity contribution < 1.29 is 9.47 Å². The molecule has 136 valence electrons. The first-order valence-electron chi connectivity index (χ1n) is 9.68. The lowest BCUT2D eigenvalue weighted by molar-refractivity contribution is -0.162. The van der Waals surface area contributed by atoms with Crippen molar-refractivity contribution in [2.75, 3.05) is 6.54 Å². The van der Waals surface area contributed by atoms with Crippen molar-refractivity contribution in [2.24, 2.45) is 5.92 Å². The van der Waals surface area contributed by atoms with E-state index in [0.717, 1.165) is 31.7 Å². The Labute approximate surface area is 155 Å². The fraction of sp³-hybridized carbons (Fsp3) is 0.500. The zero-order valence-corrected chi connectivity index (χ0v) is 15.5. The summed E-state index contributed by atoms with van der Waals surface area (Å²) in [6.45, 7) is 6.50. The van der Waals surface area contributed by atoms with Crippen LogP contribution in [-0.2, 0) is 11.3 Å². The smallest absolute Gasteiger partial charge is 0.125 e. The molecule has 4 atom stereocenters. The summed E-state index contributed by atoms with van der Waals surface area (Å²) < 4.78 is 13.1. The zero-order valence-electron chi connectivity index (χ0n) is 15.5. The summed E-state index contributed by atoms with van der Waals surface area (Å²) >= 11 is 0. The molecule has 3 aliphatic rings. The predicted molar refractivity (Wildman–Crippen MR) is 99.9 cm³/mol. The molecule has 0 unspecified atom stereocenters. The van der Waals surface area contributed by atoms with Gasteiger partial charge in [-0.15, -0.1) is 0 Å². The maximum Gasteiger partial charge on any atom is 0.125 e. The second-order valence-electron chi connectivity index (χ2n) is 8.36. The molecule has 5 rings (SSSR count). The van der Waals surface area contributed by atoms with Crippen molar-refractivity contribution in [3.8, 4) is 5.75 Å². The lowest BCUT2D eigenvalue weighted by Crippen LogP contribution is -2.53. The molecule has 0 bridgehead atoms. The van der Waals surface area contributed by atoms with E-state index in [9.17, 15) is 0 Å². The Bertz CT molecular complexity index is 792. The minimum absolute atomic E-state index is 0.150. The monoisotopic (exact) mass is 350 g/mol. The van der Waals surface area contributed by atoms with Crippen LogP contribution in [0.15, 0.2) is 48.8 Å². The van der Waals surface area contributed by atoms with E-state index >= 15 is 0 Å². The molecule has 0 N–H and O–H groups in total. The molecule has 0 amide bonds. The van der Waals surface area contributed by atoms with E-state index in [1.165, 1.54) is 11.1 Å². The van der Waals surface area contributed by atoms with Crippen molar-refractivity contribution in [1.82, 2.24) is 9.88 Å².